The lowest BCUT2D eigenvalue weighted by Crippen LogP contribution is -2.26. The van der Waals surface area contributed by atoms with Crippen LogP contribution in [0.4, 0.5) is 5.82 Å². The van der Waals surface area contributed by atoms with Gasteiger partial charge in [0.25, 0.3) is 0 Å². The summed E-state index contributed by atoms with van der Waals surface area (Å²) in [6.45, 7) is 4.75. The first-order valence-electron chi connectivity index (χ1n) is 5.62. The summed E-state index contributed by atoms with van der Waals surface area (Å²) in [5.74, 6) is 0.466. The number of hydrogen-bond donors (Lipinski definition) is 2. The van der Waals surface area contributed by atoms with E-state index >= 15 is 0 Å². The molecule has 1 heterocycles. The number of nitrogens with zero attached hydrogens (tertiary/aromatic N) is 2. The van der Waals surface area contributed by atoms with Gasteiger partial charge in [0.05, 0.1) is 5.75 Å². The average molecular weight is 260 g/mol. The highest BCUT2D eigenvalue weighted by Gasteiger charge is 2.11. The van der Waals surface area contributed by atoms with Crippen LogP contribution in [0.25, 0.3) is 0 Å². The molecule has 2 N–H and O–H groups in total. The Hall–Kier alpha value is -1.08. The monoisotopic (exact) mass is 260 g/mol. The van der Waals surface area contributed by atoms with E-state index in [4.69, 9.17) is 0 Å². The summed E-state index contributed by atoms with van der Waals surface area (Å²) < 4.78 is 27.3. The molecule has 0 spiro atoms. The van der Waals surface area contributed by atoms with Gasteiger partial charge in [0, 0.05) is 25.4 Å². The molecule has 0 atom stereocenters. The second-order valence-corrected chi connectivity index (χ2v) is 6.10. The number of nitrogens with one attached hydrogen (secondary N) is 2. The second kappa shape index (κ2) is 6.02. The van der Waals surface area contributed by atoms with Gasteiger partial charge in [0.15, 0.2) is 5.82 Å². The third-order valence-corrected chi connectivity index (χ3v) is 3.46. The molecule has 0 saturated carbocycles. The molecule has 0 aliphatic heterocycles. The molecule has 0 radical (unpaired) electrons. The standard InChI is InChI=1S/C10H20N4O2S/c1-9(2)11-6-4-8-17(15,16)13-10-5-7-14(3)12-10/h5,7,9,11H,4,6,8H2,1-3H3,(H,12,13). The van der Waals surface area contributed by atoms with Gasteiger partial charge in [0.1, 0.15) is 0 Å². The molecule has 0 aliphatic rings. The summed E-state index contributed by atoms with van der Waals surface area (Å²) in [7, 11) is -1.54. The molecule has 7 heteroatoms. The SMILES string of the molecule is CC(C)NCCCS(=O)(=O)Nc1ccn(C)n1. The lowest BCUT2D eigenvalue weighted by molar-refractivity contribution is 0.570. The summed E-state index contributed by atoms with van der Waals surface area (Å²) in [4.78, 5) is 0. The van der Waals surface area contributed by atoms with Gasteiger partial charge in [-0.1, -0.05) is 13.8 Å². The van der Waals surface area contributed by atoms with E-state index < -0.39 is 10.0 Å². The fraction of sp³-hybridized carbons (Fsp3) is 0.700. The van der Waals surface area contributed by atoms with E-state index in [1.54, 1.807) is 24.0 Å². The van der Waals surface area contributed by atoms with Crippen molar-refractivity contribution in [3.05, 3.63) is 12.3 Å². The predicted octanol–water partition coefficient (Wildman–Crippen LogP) is 0.550. The number of aryl methyl sites for hydroxylation is 1. The minimum atomic E-state index is -3.29. The van der Waals surface area contributed by atoms with Gasteiger partial charge >= 0.3 is 0 Å². The zero-order valence-corrected chi connectivity index (χ0v) is 11.3. The molecule has 0 bridgehead atoms. The Morgan fingerprint density at radius 3 is 2.71 bits per heavy atom. The number of sulfonamides is 1. The summed E-state index contributed by atoms with van der Waals surface area (Å²) in [5.41, 5.74) is 0. The first-order chi connectivity index (χ1) is 7.89. The highest BCUT2D eigenvalue weighted by Crippen LogP contribution is 2.05. The van der Waals surface area contributed by atoms with Gasteiger partial charge in [-0.15, -0.1) is 0 Å². The van der Waals surface area contributed by atoms with Crippen molar-refractivity contribution in [1.29, 1.82) is 0 Å². The molecule has 98 valence electrons. The largest absolute Gasteiger partial charge is 0.314 e. The van der Waals surface area contributed by atoms with Crippen LogP contribution in [0, 0.1) is 0 Å². The smallest absolute Gasteiger partial charge is 0.233 e. The van der Waals surface area contributed by atoms with Crippen LogP contribution in [0.3, 0.4) is 0 Å². The van der Waals surface area contributed by atoms with Crippen LogP contribution in [0.5, 0.6) is 0 Å². The topological polar surface area (TPSA) is 76.0 Å². The van der Waals surface area contributed by atoms with Crippen LogP contribution < -0.4 is 10.0 Å². The van der Waals surface area contributed by atoms with Gasteiger partial charge in [-0.2, -0.15) is 5.10 Å². The molecule has 1 aromatic rings. The normalized spacial score (nSPS) is 12.0. The first-order valence-corrected chi connectivity index (χ1v) is 7.28. The van der Waals surface area contributed by atoms with Crippen LogP contribution in [0.2, 0.25) is 0 Å². The number of rotatable bonds is 7. The summed E-state index contributed by atoms with van der Waals surface area (Å²) >= 11 is 0. The highest BCUT2D eigenvalue weighted by molar-refractivity contribution is 7.92. The predicted molar refractivity (Wildman–Crippen MR) is 68.4 cm³/mol. The lowest BCUT2D eigenvalue weighted by Gasteiger charge is -2.08. The number of hydrogen-bond acceptors (Lipinski definition) is 4. The molecule has 6 nitrogen and oxygen atoms in total. The van der Waals surface area contributed by atoms with E-state index in [1.807, 2.05) is 13.8 Å². The van der Waals surface area contributed by atoms with Crippen molar-refractivity contribution in [3.63, 3.8) is 0 Å². The third-order valence-electron chi connectivity index (χ3n) is 2.12. The summed E-state index contributed by atoms with van der Waals surface area (Å²) in [6.07, 6.45) is 2.28. The van der Waals surface area contributed by atoms with Gasteiger partial charge in [-0.05, 0) is 13.0 Å². The fourth-order valence-corrected chi connectivity index (χ4v) is 2.39. The molecule has 17 heavy (non-hydrogen) atoms. The molecule has 0 aromatic carbocycles. The van der Waals surface area contributed by atoms with Gasteiger partial charge in [-0.25, -0.2) is 8.42 Å². The molecule has 1 aromatic heterocycles. The summed E-state index contributed by atoms with van der Waals surface area (Å²) in [5, 5.41) is 7.14. The van der Waals surface area contributed by atoms with Gasteiger partial charge in [-0.3, -0.25) is 9.40 Å². The molecule has 0 amide bonds. The number of anilines is 1. The minimum Gasteiger partial charge on any atom is -0.314 e. The molecule has 0 saturated heterocycles. The summed E-state index contributed by atoms with van der Waals surface area (Å²) in [6, 6.07) is 2.01. The minimum absolute atomic E-state index is 0.100. The molecular formula is C10H20N4O2S. The van der Waals surface area contributed by atoms with Crippen LogP contribution in [0.15, 0.2) is 12.3 Å². The lowest BCUT2D eigenvalue weighted by atomic mass is 10.4. The Kier molecular flexibility index (Phi) is 4.95. The maximum atomic E-state index is 11.7. The Balaban J connectivity index is 2.36. The van der Waals surface area contributed by atoms with Crippen LogP contribution >= 0.6 is 0 Å². The molecule has 0 fully saturated rings. The van der Waals surface area contributed by atoms with Crippen molar-refractivity contribution in [2.24, 2.45) is 7.05 Å². The van der Waals surface area contributed by atoms with Crippen LogP contribution in [-0.4, -0.2) is 36.5 Å². The quantitative estimate of drug-likeness (QED) is 0.702. The van der Waals surface area contributed by atoms with Crippen molar-refractivity contribution >= 4 is 15.8 Å². The zero-order valence-electron chi connectivity index (χ0n) is 10.5. The Bertz CT molecular complexity index is 439. The zero-order chi connectivity index (χ0) is 12.9. The molecule has 0 unspecified atom stereocenters. The Labute approximate surface area is 102 Å². The van der Waals surface area contributed by atoms with Crippen molar-refractivity contribution in [3.8, 4) is 0 Å². The van der Waals surface area contributed by atoms with Crippen molar-refractivity contribution in [1.82, 2.24) is 15.1 Å². The van der Waals surface area contributed by atoms with Crippen molar-refractivity contribution in [2.75, 3.05) is 17.0 Å². The van der Waals surface area contributed by atoms with E-state index in [0.717, 1.165) is 0 Å². The first kappa shape index (κ1) is 14.0. The maximum Gasteiger partial charge on any atom is 0.233 e. The highest BCUT2D eigenvalue weighted by atomic mass is 32.2. The van der Waals surface area contributed by atoms with Crippen LogP contribution in [-0.2, 0) is 17.1 Å². The molecule has 0 aliphatic carbocycles. The molecular weight excluding hydrogens is 240 g/mol. The van der Waals surface area contributed by atoms with E-state index in [1.165, 1.54) is 0 Å². The van der Waals surface area contributed by atoms with E-state index in [2.05, 4.69) is 15.1 Å². The Morgan fingerprint density at radius 2 is 2.18 bits per heavy atom. The van der Waals surface area contributed by atoms with E-state index in [9.17, 15) is 8.42 Å². The Morgan fingerprint density at radius 1 is 1.47 bits per heavy atom. The van der Waals surface area contributed by atoms with E-state index in [-0.39, 0.29) is 5.75 Å². The number of aromatic nitrogens is 2. The third kappa shape index (κ3) is 5.69. The van der Waals surface area contributed by atoms with Crippen LogP contribution in [0.1, 0.15) is 20.3 Å². The van der Waals surface area contributed by atoms with Gasteiger partial charge in [0.2, 0.25) is 10.0 Å². The average Bonchev–Trinajstić information content (AvgIpc) is 2.57. The van der Waals surface area contributed by atoms with Crippen molar-refractivity contribution in [2.45, 2.75) is 26.3 Å². The second-order valence-electron chi connectivity index (χ2n) is 4.26. The van der Waals surface area contributed by atoms with Gasteiger partial charge < -0.3 is 5.32 Å². The maximum absolute atomic E-state index is 11.7. The fourth-order valence-electron chi connectivity index (χ4n) is 1.33. The van der Waals surface area contributed by atoms with Crippen molar-refractivity contribution < 1.29 is 8.42 Å². The molecule has 1 rings (SSSR count). The van der Waals surface area contributed by atoms with E-state index in [0.29, 0.717) is 24.8 Å².